The van der Waals surface area contributed by atoms with Gasteiger partial charge in [0.2, 0.25) is 5.91 Å². The Kier molecular flexibility index (Phi) is 38.5. The molecular weight excluding hydrogens is 744 g/mol. The van der Waals surface area contributed by atoms with Gasteiger partial charge in [-0.2, -0.15) is 0 Å². The third kappa shape index (κ3) is 41.8. The van der Waals surface area contributed by atoms with Crippen LogP contribution in [0.1, 0.15) is 168 Å². The van der Waals surface area contributed by atoms with E-state index in [-0.39, 0.29) is 19.1 Å². The van der Waals surface area contributed by atoms with E-state index in [9.17, 15) is 19.4 Å². The molecule has 58 heavy (non-hydrogen) atoms. The topological polar surface area (TPSA) is 105 Å². The number of aliphatic hydroxyl groups excluding tert-OH is 1. The summed E-state index contributed by atoms with van der Waals surface area (Å²) in [5, 5.41) is 13.9. The first kappa shape index (κ1) is 55.7. The average molecular weight is 832 g/mol. The van der Waals surface area contributed by atoms with Crippen molar-refractivity contribution in [3.8, 4) is 0 Å². The van der Waals surface area contributed by atoms with Crippen LogP contribution in [0.4, 0.5) is 0 Å². The molecule has 0 fully saturated rings. The number of unbranched alkanes of at least 4 members (excludes halogenated alkanes) is 13. The number of phosphoric ester groups is 1. The van der Waals surface area contributed by atoms with E-state index in [0.717, 1.165) is 89.9 Å². The standard InChI is InChI=1S/C49H87N2O6P/c1-6-8-10-12-14-16-18-19-20-21-22-23-24-25-26-27-28-29-30-31-33-35-37-39-41-43-49(53)50-47(46-57-58(54,55)56-45-44-51(3,4)5)48(52)42-40-38-36-34-32-17-15-13-11-9-7-2/h8,10,14,16,19-20,22-23,25-26,28-29,31,33,47-48,52H,6-7,9,11-13,15,17-18,21,24,27,30,32,34-46H2,1-5H3,(H-,50,53,54,55)/p+1/b10-8-,16-14-,20-19-,23-22-,26-25-,29-28-,33-31-. The van der Waals surface area contributed by atoms with E-state index in [0.29, 0.717) is 23.9 Å². The van der Waals surface area contributed by atoms with Crippen molar-refractivity contribution in [1.82, 2.24) is 5.32 Å². The molecule has 0 aliphatic heterocycles. The number of likely N-dealkylation sites (N-methyl/N-ethyl adjacent to an activating group) is 1. The maximum atomic E-state index is 12.9. The summed E-state index contributed by atoms with van der Waals surface area (Å²) in [4.78, 5) is 23.1. The van der Waals surface area contributed by atoms with Crippen molar-refractivity contribution < 1.29 is 32.9 Å². The molecule has 0 saturated heterocycles. The van der Waals surface area contributed by atoms with Gasteiger partial charge in [-0.25, -0.2) is 4.57 Å². The molecule has 0 spiro atoms. The first-order chi connectivity index (χ1) is 28.0. The van der Waals surface area contributed by atoms with E-state index >= 15 is 0 Å². The molecule has 8 nitrogen and oxygen atoms in total. The summed E-state index contributed by atoms with van der Waals surface area (Å²) in [5.41, 5.74) is 0. The number of rotatable bonds is 40. The van der Waals surface area contributed by atoms with E-state index in [1.807, 2.05) is 21.1 Å². The molecule has 3 unspecified atom stereocenters. The monoisotopic (exact) mass is 832 g/mol. The van der Waals surface area contributed by atoms with Crippen LogP contribution in [0.15, 0.2) is 85.1 Å². The second-order valence-corrected chi connectivity index (χ2v) is 17.9. The third-order valence-corrected chi connectivity index (χ3v) is 10.6. The Morgan fingerprint density at radius 1 is 0.603 bits per heavy atom. The van der Waals surface area contributed by atoms with Crippen LogP contribution in [0.2, 0.25) is 0 Å². The first-order valence-corrected chi connectivity index (χ1v) is 24.4. The van der Waals surface area contributed by atoms with Gasteiger partial charge in [-0.1, -0.05) is 176 Å². The number of allylic oxidation sites excluding steroid dienone is 14. The van der Waals surface area contributed by atoms with Crippen molar-refractivity contribution >= 4 is 13.7 Å². The molecule has 0 bridgehead atoms. The van der Waals surface area contributed by atoms with E-state index in [4.69, 9.17) is 9.05 Å². The molecule has 3 N–H and O–H groups in total. The SMILES string of the molecule is CC/C=C\C/C=C\C/C=C\C/C=C\C/C=C\C/C=C\C/C=C\CCCCCC(=O)NC(COP(=O)(O)OCC[N+](C)(C)C)C(O)CCCCCCCCCCCCC. The highest BCUT2D eigenvalue weighted by molar-refractivity contribution is 7.47. The van der Waals surface area contributed by atoms with Crippen LogP contribution in [-0.4, -0.2) is 73.4 Å². The van der Waals surface area contributed by atoms with Crippen molar-refractivity contribution in [3.63, 3.8) is 0 Å². The zero-order chi connectivity index (χ0) is 42.8. The number of quaternary nitrogens is 1. The Hall–Kier alpha value is -2.32. The highest BCUT2D eigenvalue weighted by Gasteiger charge is 2.28. The van der Waals surface area contributed by atoms with Crippen LogP contribution in [0.3, 0.4) is 0 Å². The Bertz CT molecular complexity index is 1220. The Balaban J connectivity index is 4.37. The molecular formula is C49H88N2O6P+. The largest absolute Gasteiger partial charge is 0.472 e. The van der Waals surface area contributed by atoms with Crippen molar-refractivity contribution in [2.45, 2.75) is 180 Å². The number of hydrogen-bond acceptors (Lipinski definition) is 5. The predicted molar refractivity (Wildman–Crippen MR) is 249 cm³/mol. The molecule has 1 amide bonds. The van der Waals surface area contributed by atoms with E-state index in [1.54, 1.807) is 0 Å². The number of nitrogens with one attached hydrogen (secondary N) is 1. The minimum absolute atomic E-state index is 0.0628. The molecule has 0 heterocycles. The summed E-state index contributed by atoms with van der Waals surface area (Å²) in [6.07, 6.45) is 54.7. The lowest BCUT2D eigenvalue weighted by atomic mass is 10.0. The van der Waals surface area contributed by atoms with Gasteiger partial charge < -0.3 is 19.8 Å². The molecule has 0 aliphatic carbocycles. The Morgan fingerprint density at radius 2 is 1.03 bits per heavy atom. The molecule has 0 radical (unpaired) electrons. The fourth-order valence-electron chi connectivity index (χ4n) is 6.02. The van der Waals surface area contributed by atoms with Crippen LogP contribution >= 0.6 is 7.82 Å². The first-order valence-electron chi connectivity index (χ1n) is 23.0. The van der Waals surface area contributed by atoms with Crippen LogP contribution in [0, 0.1) is 0 Å². The van der Waals surface area contributed by atoms with Gasteiger partial charge in [0.1, 0.15) is 13.2 Å². The second kappa shape index (κ2) is 40.1. The zero-order valence-corrected chi connectivity index (χ0v) is 38.6. The van der Waals surface area contributed by atoms with Crippen LogP contribution in [0.25, 0.3) is 0 Å². The minimum Gasteiger partial charge on any atom is -0.391 e. The molecule has 0 aromatic carbocycles. The molecule has 0 aromatic heterocycles. The minimum atomic E-state index is -4.33. The van der Waals surface area contributed by atoms with Gasteiger partial charge in [0.25, 0.3) is 0 Å². The number of aliphatic hydroxyl groups is 1. The van der Waals surface area contributed by atoms with Crippen LogP contribution < -0.4 is 5.32 Å². The van der Waals surface area contributed by atoms with Crippen LogP contribution in [-0.2, 0) is 18.4 Å². The van der Waals surface area contributed by atoms with Gasteiger partial charge in [-0.05, 0) is 70.6 Å². The Morgan fingerprint density at radius 3 is 1.50 bits per heavy atom. The number of amides is 1. The number of carbonyl (C=O) groups is 1. The summed E-state index contributed by atoms with van der Waals surface area (Å²) in [7, 11) is 1.57. The smallest absolute Gasteiger partial charge is 0.391 e. The zero-order valence-electron chi connectivity index (χ0n) is 37.8. The fraction of sp³-hybridized carbons (Fsp3) is 0.694. The lowest BCUT2D eigenvalue weighted by Crippen LogP contribution is -2.46. The van der Waals surface area contributed by atoms with E-state index in [1.165, 1.54) is 51.4 Å². The summed E-state index contributed by atoms with van der Waals surface area (Å²) in [6.45, 7) is 4.71. The molecule has 0 aromatic rings. The summed E-state index contributed by atoms with van der Waals surface area (Å²) in [6, 6.07) is -0.782. The lowest BCUT2D eigenvalue weighted by molar-refractivity contribution is -0.870. The van der Waals surface area contributed by atoms with Crippen molar-refractivity contribution in [2.75, 3.05) is 40.9 Å². The van der Waals surface area contributed by atoms with Crippen molar-refractivity contribution in [2.24, 2.45) is 0 Å². The number of carbonyl (C=O) groups excluding carboxylic acids is 1. The lowest BCUT2D eigenvalue weighted by Gasteiger charge is -2.26. The molecule has 9 heteroatoms. The van der Waals surface area contributed by atoms with Gasteiger partial charge in [-0.3, -0.25) is 13.8 Å². The second-order valence-electron chi connectivity index (χ2n) is 16.4. The molecule has 0 rings (SSSR count). The maximum Gasteiger partial charge on any atom is 0.472 e. The maximum absolute atomic E-state index is 12.9. The van der Waals surface area contributed by atoms with Gasteiger partial charge in [0.05, 0.1) is 39.9 Å². The van der Waals surface area contributed by atoms with Gasteiger partial charge >= 0.3 is 7.82 Å². The highest BCUT2D eigenvalue weighted by atomic mass is 31.2. The third-order valence-electron chi connectivity index (χ3n) is 9.66. The summed E-state index contributed by atoms with van der Waals surface area (Å²) >= 11 is 0. The molecule has 334 valence electrons. The number of nitrogens with zero attached hydrogens (tertiary/aromatic N) is 1. The van der Waals surface area contributed by atoms with E-state index in [2.05, 4.69) is 104 Å². The molecule has 3 atom stereocenters. The highest BCUT2D eigenvalue weighted by Crippen LogP contribution is 2.43. The predicted octanol–water partition coefficient (Wildman–Crippen LogP) is 13.0. The molecule has 0 aliphatic rings. The Labute approximate surface area is 356 Å². The summed E-state index contributed by atoms with van der Waals surface area (Å²) in [5.74, 6) is -0.182. The molecule has 0 saturated carbocycles. The van der Waals surface area contributed by atoms with Gasteiger partial charge in [0, 0.05) is 6.42 Å². The fourth-order valence-corrected chi connectivity index (χ4v) is 6.76. The van der Waals surface area contributed by atoms with Gasteiger partial charge in [0.15, 0.2) is 0 Å². The number of hydrogen-bond donors (Lipinski definition) is 3. The van der Waals surface area contributed by atoms with Crippen molar-refractivity contribution in [1.29, 1.82) is 0 Å². The van der Waals surface area contributed by atoms with Crippen molar-refractivity contribution in [3.05, 3.63) is 85.1 Å². The number of phosphoric acid groups is 1. The summed E-state index contributed by atoms with van der Waals surface area (Å²) < 4.78 is 23.6. The normalized spacial score (nSPS) is 15.1. The van der Waals surface area contributed by atoms with E-state index < -0.39 is 20.0 Å². The quantitative estimate of drug-likeness (QED) is 0.0246. The van der Waals surface area contributed by atoms with Crippen LogP contribution in [0.5, 0.6) is 0 Å². The average Bonchev–Trinajstić information content (AvgIpc) is 3.17. The van der Waals surface area contributed by atoms with Gasteiger partial charge in [-0.15, -0.1) is 0 Å².